The van der Waals surface area contributed by atoms with Crippen molar-refractivity contribution in [3.8, 4) is 0 Å². The number of piperidine rings is 1. The standard InChI is InChI=1S/C17H20ClN3O2.C2HF3O2/c1-11(12-2-4-14(18)5-3-12)21-17(22)15-16(23-10-20-15)13-6-8-19-9-7-13;3-2(4,5)1(6)7/h2-5,10-11,13,19H,6-9H2,1H3,(H,21,22);(H,6,7)/t11-;/m0./s1. The maximum Gasteiger partial charge on any atom is 0.490 e. The Morgan fingerprint density at radius 2 is 1.83 bits per heavy atom. The largest absolute Gasteiger partial charge is 0.490 e. The monoisotopic (exact) mass is 447 g/mol. The van der Waals surface area contributed by atoms with Crippen molar-refractivity contribution in [1.29, 1.82) is 0 Å². The third kappa shape index (κ3) is 6.74. The topological polar surface area (TPSA) is 104 Å². The molecule has 1 aliphatic heterocycles. The number of halogens is 4. The highest BCUT2D eigenvalue weighted by Crippen LogP contribution is 2.28. The van der Waals surface area contributed by atoms with E-state index in [0.29, 0.717) is 16.5 Å². The fraction of sp³-hybridized carbons (Fsp3) is 0.421. The molecule has 0 aliphatic carbocycles. The van der Waals surface area contributed by atoms with Gasteiger partial charge in [-0.2, -0.15) is 13.2 Å². The normalized spacial score (nSPS) is 15.6. The van der Waals surface area contributed by atoms with Crippen LogP contribution in [0.3, 0.4) is 0 Å². The van der Waals surface area contributed by atoms with Crippen LogP contribution >= 0.6 is 11.6 Å². The van der Waals surface area contributed by atoms with E-state index in [1.165, 1.54) is 6.39 Å². The van der Waals surface area contributed by atoms with Gasteiger partial charge in [-0.05, 0) is 50.6 Å². The average molecular weight is 448 g/mol. The van der Waals surface area contributed by atoms with Crippen LogP contribution in [0.1, 0.15) is 53.5 Å². The van der Waals surface area contributed by atoms with Crippen LogP contribution in [0, 0.1) is 0 Å². The summed E-state index contributed by atoms with van der Waals surface area (Å²) in [5.74, 6) is -2.00. The van der Waals surface area contributed by atoms with Crippen LogP contribution < -0.4 is 10.6 Å². The average Bonchev–Trinajstić information content (AvgIpc) is 3.19. The number of carbonyl (C=O) groups excluding carboxylic acids is 1. The number of alkyl halides is 3. The Morgan fingerprint density at radius 1 is 1.27 bits per heavy atom. The minimum atomic E-state index is -5.08. The number of carboxylic acids is 1. The third-order valence-corrected chi connectivity index (χ3v) is 4.73. The maximum absolute atomic E-state index is 12.5. The second kappa shape index (κ2) is 10.4. The highest BCUT2D eigenvalue weighted by Gasteiger charge is 2.38. The van der Waals surface area contributed by atoms with Crippen molar-refractivity contribution >= 4 is 23.5 Å². The van der Waals surface area contributed by atoms with Crippen LogP contribution in [0.4, 0.5) is 13.2 Å². The Labute approximate surface area is 175 Å². The number of benzene rings is 1. The van der Waals surface area contributed by atoms with Gasteiger partial charge >= 0.3 is 12.1 Å². The predicted octanol–water partition coefficient (Wildman–Crippen LogP) is 3.92. The molecule has 164 valence electrons. The molecule has 0 bridgehead atoms. The van der Waals surface area contributed by atoms with Crippen molar-refractivity contribution in [3.05, 3.63) is 52.7 Å². The van der Waals surface area contributed by atoms with E-state index in [0.717, 1.165) is 31.5 Å². The van der Waals surface area contributed by atoms with Crippen LogP contribution in [-0.2, 0) is 4.79 Å². The molecular formula is C19H21ClF3N3O4. The SMILES string of the molecule is C[C@H](NC(=O)c1ncoc1C1CCNCC1)c1ccc(Cl)cc1.O=C(O)C(F)(F)F. The van der Waals surface area contributed by atoms with Gasteiger partial charge in [-0.1, -0.05) is 23.7 Å². The lowest BCUT2D eigenvalue weighted by molar-refractivity contribution is -0.192. The number of oxazole rings is 1. The Kier molecular flexibility index (Phi) is 8.24. The molecule has 0 saturated carbocycles. The van der Waals surface area contributed by atoms with Crippen LogP contribution in [-0.4, -0.2) is 41.2 Å². The molecule has 0 radical (unpaired) electrons. The lowest BCUT2D eigenvalue weighted by Gasteiger charge is -2.21. The molecule has 1 amide bonds. The molecule has 30 heavy (non-hydrogen) atoms. The van der Waals surface area contributed by atoms with E-state index in [1.54, 1.807) is 0 Å². The summed E-state index contributed by atoms with van der Waals surface area (Å²) < 4.78 is 37.2. The highest BCUT2D eigenvalue weighted by molar-refractivity contribution is 6.30. The highest BCUT2D eigenvalue weighted by atomic mass is 35.5. The summed E-state index contributed by atoms with van der Waals surface area (Å²) in [6.45, 7) is 3.81. The van der Waals surface area contributed by atoms with E-state index in [2.05, 4.69) is 15.6 Å². The number of nitrogens with zero attached hydrogens (tertiary/aromatic N) is 1. The summed E-state index contributed by atoms with van der Waals surface area (Å²) in [5.41, 5.74) is 1.40. The molecule has 3 rings (SSSR count). The molecule has 0 unspecified atom stereocenters. The van der Waals surface area contributed by atoms with Gasteiger partial charge in [-0.15, -0.1) is 0 Å². The zero-order valence-electron chi connectivity index (χ0n) is 16.0. The molecule has 11 heteroatoms. The van der Waals surface area contributed by atoms with Gasteiger partial charge in [0.2, 0.25) is 0 Å². The van der Waals surface area contributed by atoms with Gasteiger partial charge < -0.3 is 20.2 Å². The van der Waals surface area contributed by atoms with E-state index in [1.807, 2.05) is 31.2 Å². The summed E-state index contributed by atoms with van der Waals surface area (Å²) in [4.78, 5) is 25.6. The summed E-state index contributed by atoms with van der Waals surface area (Å²) in [5, 5.41) is 14.1. The number of hydrogen-bond acceptors (Lipinski definition) is 5. The zero-order chi connectivity index (χ0) is 22.3. The first-order valence-electron chi connectivity index (χ1n) is 9.10. The van der Waals surface area contributed by atoms with Crippen molar-refractivity contribution < 1.29 is 32.3 Å². The first-order chi connectivity index (χ1) is 14.1. The number of aliphatic carboxylic acids is 1. The van der Waals surface area contributed by atoms with E-state index >= 15 is 0 Å². The molecule has 3 N–H and O–H groups in total. The minimum absolute atomic E-state index is 0.127. The molecule has 1 aromatic heterocycles. The molecule has 1 atom stereocenters. The summed E-state index contributed by atoms with van der Waals surface area (Å²) in [7, 11) is 0. The number of carboxylic acid groups (broad SMARTS) is 1. The summed E-state index contributed by atoms with van der Waals surface area (Å²) in [6.07, 6.45) is -1.80. The van der Waals surface area contributed by atoms with Crippen LogP contribution in [0.2, 0.25) is 5.02 Å². The third-order valence-electron chi connectivity index (χ3n) is 4.48. The molecule has 1 aliphatic rings. The van der Waals surface area contributed by atoms with Gasteiger partial charge in [0.25, 0.3) is 5.91 Å². The second-order valence-electron chi connectivity index (χ2n) is 6.64. The number of nitrogens with one attached hydrogen (secondary N) is 2. The molecule has 1 fully saturated rings. The van der Waals surface area contributed by atoms with Gasteiger partial charge in [0.05, 0.1) is 6.04 Å². The van der Waals surface area contributed by atoms with Crippen molar-refractivity contribution in [2.45, 2.75) is 37.9 Å². The Bertz CT molecular complexity index is 849. The molecule has 0 spiro atoms. The predicted molar refractivity (Wildman–Crippen MR) is 102 cm³/mol. The summed E-state index contributed by atoms with van der Waals surface area (Å²) >= 11 is 5.90. The number of hydrogen-bond donors (Lipinski definition) is 3. The Morgan fingerprint density at radius 3 is 2.37 bits per heavy atom. The van der Waals surface area contributed by atoms with E-state index < -0.39 is 12.1 Å². The zero-order valence-corrected chi connectivity index (χ0v) is 16.8. The number of amides is 1. The van der Waals surface area contributed by atoms with Crippen molar-refractivity contribution in [1.82, 2.24) is 15.6 Å². The molecule has 7 nitrogen and oxygen atoms in total. The molecule has 2 aromatic rings. The number of carbonyl (C=O) groups is 2. The van der Waals surface area contributed by atoms with Gasteiger partial charge in [0.1, 0.15) is 5.76 Å². The second-order valence-corrected chi connectivity index (χ2v) is 7.08. The fourth-order valence-electron chi connectivity index (χ4n) is 2.90. The van der Waals surface area contributed by atoms with Crippen LogP contribution in [0.5, 0.6) is 0 Å². The summed E-state index contributed by atoms with van der Waals surface area (Å²) in [6, 6.07) is 7.32. The Hall–Kier alpha value is -2.59. The number of rotatable bonds is 4. The van der Waals surface area contributed by atoms with Crippen molar-refractivity contribution in [2.75, 3.05) is 13.1 Å². The lowest BCUT2D eigenvalue weighted by atomic mass is 9.94. The van der Waals surface area contributed by atoms with Gasteiger partial charge in [-0.25, -0.2) is 9.78 Å². The van der Waals surface area contributed by atoms with Crippen molar-refractivity contribution in [2.24, 2.45) is 0 Å². The Balaban J connectivity index is 0.000000396. The quantitative estimate of drug-likeness (QED) is 0.656. The minimum Gasteiger partial charge on any atom is -0.475 e. The maximum atomic E-state index is 12.5. The molecule has 2 heterocycles. The van der Waals surface area contributed by atoms with Crippen molar-refractivity contribution in [3.63, 3.8) is 0 Å². The first kappa shape index (κ1) is 23.7. The van der Waals surface area contributed by atoms with E-state index in [9.17, 15) is 18.0 Å². The molecule has 1 aromatic carbocycles. The van der Waals surface area contributed by atoms with Crippen LogP contribution in [0.25, 0.3) is 0 Å². The molecule has 1 saturated heterocycles. The smallest absolute Gasteiger partial charge is 0.475 e. The fourth-order valence-corrected chi connectivity index (χ4v) is 3.03. The lowest BCUT2D eigenvalue weighted by Crippen LogP contribution is -2.30. The van der Waals surface area contributed by atoms with Gasteiger partial charge in [0, 0.05) is 10.9 Å². The van der Waals surface area contributed by atoms with E-state index in [-0.39, 0.29) is 17.9 Å². The molecular weight excluding hydrogens is 427 g/mol. The van der Waals surface area contributed by atoms with Gasteiger partial charge in [-0.3, -0.25) is 4.79 Å². The van der Waals surface area contributed by atoms with E-state index in [4.69, 9.17) is 25.9 Å². The number of aromatic nitrogens is 1. The first-order valence-corrected chi connectivity index (χ1v) is 9.48. The van der Waals surface area contributed by atoms with Gasteiger partial charge in [0.15, 0.2) is 12.1 Å². The van der Waals surface area contributed by atoms with Crippen LogP contribution in [0.15, 0.2) is 35.1 Å².